The molecule has 0 spiro atoms. The summed E-state index contributed by atoms with van der Waals surface area (Å²) in [7, 11) is 0. The van der Waals surface area contributed by atoms with E-state index >= 15 is 0 Å². The third kappa shape index (κ3) is 5.38. The predicted octanol–water partition coefficient (Wildman–Crippen LogP) is 6.22. The molecule has 1 amide bonds. The van der Waals surface area contributed by atoms with Gasteiger partial charge in [-0.3, -0.25) is 5.32 Å². The maximum absolute atomic E-state index is 12.8. The molecular weight excluding hydrogens is 453 g/mol. The number of amides is 1. The molecule has 5 nitrogen and oxygen atoms in total. The number of anilines is 1. The van der Waals surface area contributed by atoms with Crippen LogP contribution in [0.5, 0.6) is 0 Å². The quantitative estimate of drug-likeness (QED) is 0.482. The lowest BCUT2D eigenvalue weighted by Gasteiger charge is -2.10. The number of nitrogens with zero attached hydrogens (tertiary/aromatic N) is 1. The Balaban J connectivity index is 1.61. The normalized spacial score (nSPS) is 11.3. The molecule has 0 aliphatic heterocycles. The maximum atomic E-state index is 12.8. The summed E-state index contributed by atoms with van der Waals surface area (Å²) in [6.07, 6.45) is -5.01. The molecule has 0 saturated heterocycles. The summed E-state index contributed by atoms with van der Waals surface area (Å²) >= 11 is 3.35. The SMILES string of the molecule is Cc1noc(-c2ccc(Br)cc2)c1NC(=O)OCCc1cccc(C(F)(F)F)c1. The molecule has 1 N–H and O–H groups in total. The smallest absolute Gasteiger partial charge is 0.416 e. The van der Waals surface area contributed by atoms with Crippen LogP contribution in [0.15, 0.2) is 57.5 Å². The average Bonchev–Trinajstić information content (AvgIpc) is 3.02. The molecule has 9 heteroatoms. The molecule has 152 valence electrons. The van der Waals surface area contributed by atoms with Crippen molar-refractivity contribution >= 4 is 27.7 Å². The first-order chi connectivity index (χ1) is 13.7. The van der Waals surface area contributed by atoms with Crippen LogP contribution in [0.25, 0.3) is 11.3 Å². The van der Waals surface area contributed by atoms with E-state index < -0.39 is 17.8 Å². The fourth-order valence-corrected chi connectivity index (χ4v) is 2.88. The van der Waals surface area contributed by atoms with Gasteiger partial charge in [0.05, 0.1) is 12.2 Å². The number of aryl methyl sites for hydroxylation is 1. The Kier molecular flexibility index (Phi) is 6.26. The molecule has 0 atom stereocenters. The van der Waals surface area contributed by atoms with Gasteiger partial charge in [0.25, 0.3) is 0 Å². The van der Waals surface area contributed by atoms with E-state index in [0.29, 0.717) is 28.3 Å². The summed E-state index contributed by atoms with van der Waals surface area (Å²) in [5.41, 5.74) is 1.24. The number of hydrogen-bond acceptors (Lipinski definition) is 4. The lowest BCUT2D eigenvalue weighted by atomic mass is 10.1. The van der Waals surface area contributed by atoms with Crippen molar-refractivity contribution in [2.45, 2.75) is 19.5 Å². The first-order valence-electron chi connectivity index (χ1n) is 8.56. The van der Waals surface area contributed by atoms with Crippen molar-refractivity contribution in [3.8, 4) is 11.3 Å². The Morgan fingerprint density at radius 2 is 1.93 bits per heavy atom. The monoisotopic (exact) mass is 468 g/mol. The summed E-state index contributed by atoms with van der Waals surface area (Å²) < 4.78 is 49.6. The average molecular weight is 469 g/mol. The lowest BCUT2D eigenvalue weighted by Crippen LogP contribution is -2.16. The Labute approximate surface area is 173 Å². The Bertz CT molecular complexity index is 1000. The van der Waals surface area contributed by atoms with Crippen molar-refractivity contribution in [3.63, 3.8) is 0 Å². The van der Waals surface area contributed by atoms with Crippen molar-refractivity contribution in [1.29, 1.82) is 0 Å². The zero-order chi connectivity index (χ0) is 21.0. The molecule has 0 aliphatic rings. The molecule has 3 rings (SSSR count). The highest BCUT2D eigenvalue weighted by molar-refractivity contribution is 9.10. The van der Waals surface area contributed by atoms with E-state index in [1.165, 1.54) is 6.07 Å². The van der Waals surface area contributed by atoms with Gasteiger partial charge in [-0.15, -0.1) is 0 Å². The molecule has 3 aromatic rings. The van der Waals surface area contributed by atoms with Crippen LogP contribution in [0.4, 0.5) is 23.7 Å². The minimum atomic E-state index is -4.41. The largest absolute Gasteiger partial charge is 0.449 e. The van der Waals surface area contributed by atoms with Crippen LogP contribution in [-0.4, -0.2) is 17.9 Å². The highest BCUT2D eigenvalue weighted by Gasteiger charge is 2.30. The number of benzene rings is 2. The third-order valence-electron chi connectivity index (χ3n) is 4.07. The van der Waals surface area contributed by atoms with E-state index in [9.17, 15) is 18.0 Å². The van der Waals surface area contributed by atoms with Crippen LogP contribution < -0.4 is 5.32 Å². The van der Waals surface area contributed by atoms with Crippen molar-refractivity contribution in [2.75, 3.05) is 11.9 Å². The van der Waals surface area contributed by atoms with Crippen LogP contribution in [0.2, 0.25) is 0 Å². The molecule has 0 radical (unpaired) electrons. The van der Waals surface area contributed by atoms with Crippen molar-refractivity contribution in [1.82, 2.24) is 5.16 Å². The summed E-state index contributed by atoms with van der Waals surface area (Å²) in [5.74, 6) is 0.379. The fourth-order valence-electron chi connectivity index (χ4n) is 2.62. The molecule has 0 bridgehead atoms. The summed E-state index contributed by atoms with van der Waals surface area (Å²) in [5, 5.41) is 6.45. The summed E-state index contributed by atoms with van der Waals surface area (Å²) in [4.78, 5) is 12.1. The van der Waals surface area contributed by atoms with Gasteiger partial charge >= 0.3 is 12.3 Å². The number of hydrogen-bond donors (Lipinski definition) is 1. The number of alkyl halides is 3. The van der Waals surface area contributed by atoms with Crippen molar-refractivity contribution in [3.05, 3.63) is 69.8 Å². The van der Waals surface area contributed by atoms with Crippen LogP contribution in [-0.2, 0) is 17.3 Å². The second-order valence-electron chi connectivity index (χ2n) is 6.19. The van der Waals surface area contributed by atoms with E-state index in [1.54, 1.807) is 25.1 Å². The summed E-state index contributed by atoms with van der Waals surface area (Å²) in [6.45, 7) is 1.59. The van der Waals surface area contributed by atoms with E-state index in [4.69, 9.17) is 9.26 Å². The van der Waals surface area contributed by atoms with Crippen molar-refractivity contribution in [2.24, 2.45) is 0 Å². The zero-order valence-electron chi connectivity index (χ0n) is 15.2. The van der Waals surface area contributed by atoms with Gasteiger partial charge in [-0.25, -0.2) is 4.79 Å². The Morgan fingerprint density at radius 3 is 2.62 bits per heavy atom. The topological polar surface area (TPSA) is 64.4 Å². The number of aromatic nitrogens is 1. The van der Waals surface area contributed by atoms with Crippen LogP contribution in [0.1, 0.15) is 16.8 Å². The van der Waals surface area contributed by atoms with Gasteiger partial charge in [0.15, 0.2) is 5.76 Å². The minimum Gasteiger partial charge on any atom is -0.449 e. The molecule has 29 heavy (non-hydrogen) atoms. The first-order valence-corrected chi connectivity index (χ1v) is 9.35. The van der Waals surface area contributed by atoms with Gasteiger partial charge in [-0.1, -0.05) is 39.3 Å². The maximum Gasteiger partial charge on any atom is 0.416 e. The van der Waals surface area contributed by atoms with Crippen LogP contribution >= 0.6 is 15.9 Å². The fraction of sp³-hybridized carbons (Fsp3) is 0.200. The molecule has 2 aromatic carbocycles. The molecule has 0 unspecified atom stereocenters. The number of nitrogens with one attached hydrogen (secondary N) is 1. The number of carbonyl (C=O) groups is 1. The standard InChI is InChI=1S/C20H16BrF3N2O3/c1-12-17(18(29-26-12)14-5-7-16(21)8-6-14)25-19(27)28-10-9-13-3-2-4-15(11-13)20(22,23)24/h2-8,11H,9-10H2,1H3,(H,25,27). The van der Waals surface area contributed by atoms with Gasteiger partial charge in [-0.2, -0.15) is 13.2 Å². The molecule has 1 heterocycles. The van der Waals surface area contributed by atoms with Crippen LogP contribution in [0, 0.1) is 6.92 Å². The summed E-state index contributed by atoms with van der Waals surface area (Å²) in [6, 6.07) is 12.2. The zero-order valence-corrected chi connectivity index (χ0v) is 16.8. The van der Waals surface area contributed by atoms with E-state index in [1.807, 2.05) is 12.1 Å². The van der Waals surface area contributed by atoms with E-state index in [2.05, 4.69) is 26.4 Å². The Morgan fingerprint density at radius 1 is 1.21 bits per heavy atom. The van der Waals surface area contributed by atoms with Gasteiger partial charge in [-0.05, 0) is 42.8 Å². The second-order valence-corrected chi connectivity index (χ2v) is 7.10. The number of carbonyl (C=O) groups excluding carboxylic acids is 1. The van der Waals surface area contributed by atoms with Gasteiger partial charge in [0.2, 0.25) is 0 Å². The number of ether oxygens (including phenoxy) is 1. The molecule has 0 saturated carbocycles. The second kappa shape index (κ2) is 8.69. The third-order valence-corrected chi connectivity index (χ3v) is 4.60. The highest BCUT2D eigenvalue weighted by atomic mass is 79.9. The molecule has 0 fully saturated rings. The number of rotatable bonds is 5. The van der Waals surface area contributed by atoms with Crippen LogP contribution in [0.3, 0.4) is 0 Å². The van der Waals surface area contributed by atoms with Crippen molar-refractivity contribution < 1.29 is 27.2 Å². The highest BCUT2D eigenvalue weighted by Crippen LogP contribution is 2.32. The molecular formula is C20H16BrF3N2O3. The predicted molar refractivity (Wildman–Crippen MR) is 104 cm³/mol. The number of halogens is 4. The van der Waals surface area contributed by atoms with E-state index in [-0.39, 0.29) is 13.0 Å². The lowest BCUT2D eigenvalue weighted by molar-refractivity contribution is -0.137. The van der Waals surface area contributed by atoms with E-state index in [0.717, 1.165) is 16.6 Å². The first kappa shape index (κ1) is 20.9. The van der Waals surface area contributed by atoms with Gasteiger partial charge in [0, 0.05) is 16.5 Å². The molecule has 0 aliphatic carbocycles. The Hall–Kier alpha value is -2.81. The minimum absolute atomic E-state index is 0.0783. The molecule has 1 aromatic heterocycles. The van der Waals surface area contributed by atoms with Gasteiger partial charge < -0.3 is 9.26 Å². The van der Waals surface area contributed by atoms with Gasteiger partial charge in [0.1, 0.15) is 11.4 Å².